The van der Waals surface area contributed by atoms with Crippen molar-refractivity contribution in [3.63, 3.8) is 0 Å². The molecule has 2 rings (SSSR count). The van der Waals surface area contributed by atoms with Crippen LogP contribution in [0.2, 0.25) is 0 Å². The van der Waals surface area contributed by atoms with Gasteiger partial charge >= 0.3 is 0 Å². The zero-order valence-corrected chi connectivity index (χ0v) is 14.2. The Morgan fingerprint density at radius 2 is 1.83 bits per heavy atom. The Morgan fingerprint density at radius 3 is 2.39 bits per heavy atom. The molecule has 3 nitrogen and oxygen atoms in total. The fraction of sp³-hybridized carbons (Fsp3) is 0.158. The lowest BCUT2D eigenvalue weighted by Gasteiger charge is -2.07. The van der Waals surface area contributed by atoms with Crippen LogP contribution < -0.4 is 5.32 Å². The number of aryl methyl sites for hydroxylation is 2. The monoisotopic (exact) mass is 322 g/mol. The van der Waals surface area contributed by atoms with Gasteiger partial charge in [-0.05, 0) is 67.1 Å². The SMILES string of the molecule is CSc1ccc(/C=C(/C#N)C(=O)Nc2ccc(C)c(C)c2)cc1. The molecule has 0 unspecified atom stereocenters. The van der Waals surface area contributed by atoms with Gasteiger partial charge in [0.1, 0.15) is 11.6 Å². The van der Waals surface area contributed by atoms with Gasteiger partial charge in [0.2, 0.25) is 0 Å². The van der Waals surface area contributed by atoms with Crippen LogP contribution in [0.15, 0.2) is 52.9 Å². The molecule has 0 spiro atoms. The summed E-state index contributed by atoms with van der Waals surface area (Å²) in [5, 5.41) is 12.0. The molecule has 0 saturated heterocycles. The van der Waals surface area contributed by atoms with Crippen LogP contribution >= 0.6 is 11.8 Å². The molecule has 0 atom stereocenters. The van der Waals surface area contributed by atoms with Gasteiger partial charge in [-0.3, -0.25) is 4.79 Å². The molecule has 0 heterocycles. The second-order valence-electron chi connectivity index (χ2n) is 5.20. The highest BCUT2D eigenvalue weighted by Gasteiger charge is 2.10. The first kappa shape index (κ1) is 16.9. The smallest absolute Gasteiger partial charge is 0.266 e. The lowest BCUT2D eigenvalue weighted by atomic mass is 10.1. The van der Waals surface area contributed by atoms with Crippen molar-refractivity contribution in [1.29, 1.82) is 5.26 Å². The van der Waals surface area contributed by atoms with Crippen LogP contribution in [-0.4, -0.2) is 12.2 Å². The lowest BCUT2D eigenvalue weighted by molar-refractivity contribution is -0.112. The van der Waals surface area contributed by atoms with E-state index in [0.717, 1.165) is 21.6 Å². The second kappa shape index (κ2) is 7.66. The molecule has 0 radical (unpaired) electrons. The van der Waals surface area contributed by atoms with Crippen molar-refractivity contribution >= 4 is 29.4 Å². The van der Waals surface area contributed by atoms with Crippen molar-refractivity contribution < 1.29 is 4.79 Å². The first-order chi connectivity index (χ1) is 11.0. The van der Waals surface area contributed by atoms with Crippen molar-refractivity contribution in [2.24, 2.45) is 0 Å². The molecule has 0 aliphatic heterocycles. The first-order valence-corrected chi connectivity index (χ1v) is 8.40. The molecule has 0 aliphatic rings. The third kappa shape index (κ3) is 4.48. The maximum Gasteiger partial charge on any atom is 0.266 e. The highest BCUT2D eigenvalue weighted by molar-refractivity contribution is 7.98. The number of amides is 1. The number of nitrogens with zero attached hydrogens (tertiary/aromatic N) is 1. The minimum absolute atomic E-state index is 0.0835. The van der Waals surface area contributed by atoms with Crippen molar-refractivity contribution in [2.45, 2.75) is 18.7 Å². The van der Waals surface area contributed by atoms with E-state index in [1.54, 1.807) is 17.8 Å². The third-order valence-corrected chi connectivity index (χ3v) is 4.30. The summed E-state index contributed by atoms with van der Waals surface area (Å²) in [5.41, 5.74) is 3.86. The largest absolute Gasteiger partial charge is 0.321 e. The van der Waals surface area contributed by atoms with E-state index in [0.29, 0.717) is 5.69 Å². The molecular formula is C19H18N2OS. The van der Waals surface area contributed by atoms with Crippen LogP contribution in [0.3, 0.4) is 0 Å². The van der Waals surface area contributed by atoms with Crippen molar-refractivity contribution in [3.8, 4) is 6.07 Å². The summed E-state index contributed by atoms with van der Waals surface area (Å²) >= 11 is 1.65. The number of thioether (sulfide) groups is 1. The van der Waals surface area contributed by atoms with E-state index in [9.17, 15) is 10.1 Å². The first-order valence-electron chi connectivity index (χ1n) is 7.18. The van der Waals surface area contributed by atoms with Gasteiger partial charge in [0.25, 0.3) is 5.91 Å². The molecule has 23 heavy (non-hydrogen) atoms. The Balaban J connectivity index is 2.18. The van der Waals surface area contributed by atoms with Gasteiger partial charge in [-0.1, -0.05) is 18.2 Å². The summed E-state index contributed by atoms with van der Waals surface area (Å²) in [5.74, 6) is -0.398. The Bertz CT molecular complexity index is 786. The van der Waals surface area contributed by atoms with Crippen LogP contribution in [0.25, 0.3) is 6.08 Å². The van der Waals surface area contributed by atoms with E-state index >= 15 is 0 Å². The van der Waals surface area contributed by atoms with Gasteiger partial charge in [-0.25, -0.2) is 0 Å². The molecule has 0 aliphatic carbocycles. The minimum atomic E-state index is -0.398. The maximum atomic E-state index is 12.3. The number of carbonyl (C=O) groups excluding carboxylic acids is 1. The predicted molar refractivity (Wildman–Crippen MR) is 96.4 cm³/mol. The van der Waals surface area contributed by atoms with Crippen molar-refractivity contribution in [1.82, 2.24) is 0 Å². The molecule has 0 aromatic heterocycles. The number of hydrogen-bond acceptors (Lipinski definition) is 3. The maximum absolute atomic E-state index is 12.3. The van der Waals surface area contributed by atoms with Crippen LogP contribution in [0.5, 0.6) is 0 Å². The van der Waals surface area contributed by atoms with E-state index in [4.69, 9.17) is 0 Å². The number of nitriles is 1. The number of nitrogens with one attached hydrogen (secondary N) is 1. The number of carbonyl (C=O) groups is 1. The molecule has 0 bridgehead atoms. The number of rotatable bonds is 4. The Kier molecular flexibility index (Phi) is 5.61. The standard InChI is InChI=1S/C19H18N2OS/c1-13-4-7-17(10-14(13)2)21-19(22)16(12-20)11-15-5-8-18(23-3)9-6-15/h4-11H,1-3H3,(H,21,22)/b16-11-. The summed E-state index contributed by atoms with van der Waals surface area (Å²) in [6.45, 7) is 4.00. The Labute approximate surface area is 141 Å². The topological polar surface area (TPSA) is 52.9 Å². The highest BCUT2D eigenvalue weighted by Crippen LogP contribution is 2.18. The summed E-state index contributed by atoms with van der Waals surface area (Å²) < 4.78 is 0. The number of benzene rings is 2. The summed E-state index contributed by atoms with van der Waals surface area (Å²) in [6.07, 6.45) is 3.60. The van der Waals surface area contributed by atoms with E-state index in [2.05, 4.69) is 5.32 Å². The zero-order chi connectivity index (χ0) is 16.8. The average molecular weight is 322 g/mol. The predicted octanol–water partition coefficient (Wildman–Crippen LogP) is 4.57. The molecule has 2 aromatic rings. The molecule has 1 amide bonds. The van der Waals surface area contributed by atoms with E-state index in [1.165, 1.54) is 0 Å². The van der Waals surface area contributed by atoms with Gasteiger partial charge in [0, 0.05) is 10.6 Å². The fourth-order valence-electron chi connectivity index (χ4n) is 2.03. The third-order valence-electron chi connectivity index (χ3n) is 3.56. The normalized spacial score (nSPS) is 11.0. The van der Waals surface area contributed by atoms with Crippen molar-refractivity contribution in [3.05, 3.63) is 64.7 Å². The Morgan fingerprint density at radius 1 is 1.13 bits per heavy atom. The molecule has 2 aromatic carbocycles. The van der Waals surface area contributed by atoms with Crippen LogP contribution in [0.1, 0.15) is 16.7 Å². The lowest BCUT2D eigenvalue weighted by Crippen LogP contribution is -2.13. The van der Waals surface area contributed by atoms with Crippen LogP contribution in [-0.2, 0) is 4.79 Å². The minimum Gasteiger partial charge on any atom is -0.321 e. The average Bonchev–Trinajstić information content (AvgIpc) is 2.56. The van der Waals surface area contributed by atoms with Gasteiger partial charge in [-0.15, -0.1) is 11.8 Å². The fourth-order valence-corrected chi connectivity index (χ4v) is 2.44. The number of anilines is 1. The summed E-state index contributed by atoms with van der Waals surface area (Å²) in [7, 11) is 0. The van der Waals surface area contributed by atoms with E-state index in [1.807, 2.05) is 68.6 Å². The second-order valence-corrected chi connectivity index (χ2v) is 6.08. The Hall–Kier alpha value is -2.51. The molecule has 0 fully saturated rings. The molecule has 0 saturated carbocycles. The van der Waals surface area contributed by atoms with E-state index in [-0.39, 0.29) is 5.57 Å². The van der Waals surface area contributed by atoms with Crippen LogP contribution in [0.4, 0.5) is 5.69 Å². The molecular weight excluding hydrogens is 304 g/mol. The van der Waals surface area contributed by atoms with Crippen LogP contribution in [0, 0.1) is 25.2 Å². The van der Waals surface area contributed by atoms with Gasteiger partial charge in [0.15, 0.2) is 0 Å². The van der Waals surface area contributed by atoms with Gasteiger partial charge in [-0.2, -0.15) is 5.26 Å². The van der Waals surface area contributed by atoms with Crippen molar-refractivity contribution in [2.75, 3.05) is 11.6 Å². The molecule has 4 heteroatoms. The zero-order valence-electron chi connectivity index (χ0n) is 13.4. The summed E-state index contributed by atoms with van der Waals surface area (Å²) in [6, 6.07) is 15.4. The molecule has 1 N–H and O–H groups in total. The molecule has 116 valence electrons. The summed E-state index contributed by atoms with van der Waals surface area (Å²) in [4.78, 5) is 13.4. The number of hydrogen-bond donors (Lipinski definition) is 1. The quantitative estimate of drug-likeness (QED) is 0.509. The highest BCUT2D eigenvalue weighted by atomic mass is 32.2. The van der Waals surface area contributed by atoms with Gasteiger partial charge in [0.05, 0.1) is 0 Å². The van der Waals surface area contributed by atoms with Gasteiger partial charge < -0.3 is 5.32 Å². The van der Waals surface area contributed by atoms with E-state index < -0.39 is 5.91 Å².